The molecule has 0 unspecified atom stereocenters. The number of H-pyrrole nitrogens is 1. The van der Waals surface area contributed by atoms with Crippen LogP contribution in [0.3, 0.4) is 0 Å². The highest BCUT2D eigenvalue weighted by molar-refractivity contribution is 6.31. The van der Waals surface area contributed by atoms with Crippen molar-refractivity contribution < 1.29 is 4.74 Å². The van der Waals surface area contributed by atoms with Gasteiger partial charge < -0.3 is 20.4 Å². The van der Waals surface area contributed by atoms with Crippen LogP contribution in [0.5, 0.6) is 0 Å². The van der Waals surface area contributed by atoms with Crippen molar-refractivity contribution >= 4 is 39.6 Å². The third-order valence-electron chi connectivity index (χ3n) is 5.96. The highest BCUT2D eigenvalue weighted by Crippen LogP contribution is 2.28. The van der Waals surface area contributed by atoms with Crippen LogP contribution in [0.25, 0.3) is 28.1 Å². The number of hydrogen-bond acceptors (Lipinski definition) is 7. The average Bonchev–Trinajstić information content (AvgIpc) is 3.31. The van der Waals surface area contributed by atoms with Crippen LogP contribution in [0.4, 0.5) is 5.82 Å². The fourth-order valence-corrected chi connectivity index (χ4v) is 4.38. The molecule has 0 spiro atoms. The average molecular weight is 441 g/mol. The summed E-state index contributed by atoms with van der Waals surface area (Å²) in [5.74, 6) is 1.05. The van der Waals surface area contributed by atoms with Gasteiger partial charge >= 0.3 is 5.69 Å². The van der Waals surface area contributed by atoms with Gasteiger partial charge in [0.2, 0.25) is 5.95 Å². The van der Waals surface area contributed by atoms with Gasteiger partial charge in [0.25, 0.3) is 0 Å². The van der Waals surface area contributed by atoms with Gasteiger partial charge in [0, 0.05) is 37.4 Å². The number of nitrogens with one attached hydrogen (secondary N) is 3. The first-order chi connectivity index (χ1) is 15.2. The van der Waals surface area contributed by atoms with Gasteiger partial charge in [-0.15, -0.1) is 0 Å². The zero-order valence-corrected chi connectivity index (χ0v) is 17.4. The Kier molecular flexibility index (Phi) is 4.44. The molecule has 11 heteroatoms. The van der Waals surface area contributed by atoms with Crippen LogP contribution in [0, 0.1) is 0 Å². The van der Waals surface area contributed by atoms with E-state index < -0.39 is 0 Å². The van der Waals surface area contributed by atoms with E-state index in [1.54, 1.807) is 21.5 Å². The molecule has 2 fully saturated rings. The van der Waals surface area contributed by atoms with E-state index in [0.29, 0.717) is 41.2 Å². The molecular weight excluding hydrogens is 420 g/mol. The first-order valence-electron chi connectivity index (χ1n) is 10.4. The van der Waals surface area contributed by atoms with E-state index in [4.69, 9.17) is 26.3 Å². The Morgan fingerprint density at radius 2 is 2.03 bits per heavy atom. The summed E-state index contributed by atoms with van der Waals surface area (Å²) in [6.45, 7) is 2.95. The van der Waals surface area contributed by atoms with E-state index in [2.05, 4.69) is 20.6 Å². The second kappa shape index (κ2) is 7.33. The minimum Gasteiger partial charge on any atom is -0.381 e. The molecule has 3 N–H and O–H groups in total. The minimum absolute atomic E-state index is 0.0324. The Bertz CT molecular complexity index is 1330. The number of halogens is 1. The molecule has 160 valence electrons. The van der Waals surface area contributed by atoms with Crippen LogP contribution in [-0.4, -0.2) is 61.4 Å². The molecule has 4 aromatic rings. The number of imidazole rings is 2. The number of anilines is 1. The molecule has 1 aromatic carbocycles. The second-order valence-corrected chi connectivity index (χ2v) is 8.40. The van der Waals surface area contributed by atoms with Gasteiger partial charge in [-0.25, -0.2) is 9.78 Å². The number of ether oxygens (including phenoxy) is 1. The number of fused-ring (bicyclic) bond motifs is 2. The summed E-state index contributed by atoms with van der Waals surface area (Å²) in [6.07, 6.45) is 3.22. The Morgan fingerprint density at radius 3 is 2.81 bits per heavy atom. The fraction of sp³-hybridized carbons (Fsp3) is 0.400. The maximum atomic E-state index is 12.9. The number of benzene rings is 1. The lowest BCUT2D eigenvalue weighted by Gasteiger charge is -2.28. The van der Waals surface area contributed by atoms with Crippen LogP contribution in [-0.2, 0) is 4.74 Å². The summed E-state index contributed by atoms with van der Waals surface area (Å²) < 4.78 is 9.04. The summed E-state index contributed by atoms with van der Waals surface area (Å²) in [5, 5.41) is 7.30. The summed E-state index contributed by atoms with van der Waals surface area (Å²) in [6, 6.07) is 5.78. The molecule has 3 aromatic heterocycles. The van der Waals surface area contributed by atoms with Crippen molar-refractivity contribution in [2.75, 3.05) is 31.6 Å². The molecule has 0 aliphatic carbocycles. The van der Waals surface area contributed by atoms with Gasteiger partial charge in [-0.2, -0.15) is 9.97 Å². The topological polar surface area (TPSA) is 115 Å². The summed E-state index contributed by atoms with van der Waals surface area (Å²) in [4.78, 5) is 29.9. The Hall–Kier alpha value is -2.95. The van der Waals surface area contributed by atoms with Crippen molar-refractivity contribution in [3.8, 4) is 5.95 Å². The first kappa shape index (κ1) is 18.8. The van der Waals surface area contributed by atoms with Crippen LogP contribution < -0.4 is 16.3 Å². The molecule has 0 bridgehead atoms. The molecule has 0 radical (unpaired) electrons. The standard InChI is InChI=1S/C20H21ClN8O2/c21-11-1-2-14-15(7-11)28(10-23-14)19-26-17(24-12-8-22-9-12)16-18(27-19)29(20(30)25-16)13-3-5-31-6-4-13/h1-2,7,10,12-13,22H,3-6,8-9H2,(H,25,30)(H,24,26,27). The van der Waals surface area contributed by atoms with Crippen LogP contribution in [0.1, 0.15) is 18.9 Å². The van der Waals surface area contributed by atoms with Crippen molar-refractivity contribution in [3.63, 3.8) is 0 Å². The van der Waals surface area contributed by atoms with Gasteiger partial charge in [0.15, 0.2) is 11.5 Å². The van der Waals surface area contributed by atoms with E-state index in [0.717, 1.165) is 37.0 Å². The normalized spacial score (nSPS) is 18.0. The molecule has 10 nitrogen and oxygen atoms in total. The molecule has 5 heterocycles. The third kappa shape index (κ3) is 3.18. The predicted octanol–water partition coefficient (Wildman–Crippen LogP) is 1.85. The molecule has 2 aliphatic rings. The highest BCUT2D eigenvalue weighted by Gasteiger charge is 2.26. The van der Waals surface area contributed by atoms with Crippen molar-refractivity contribution in [1.29, 1.82) is 0 Å². The lowest BCUT2D eigenvalue weighted by Crippen LogP contribution is -2.51. The maximum Gasteiger partial charge on any atom is 0.328 e. The van der Waals surface area contributed by atoms with Gasteiger partial charge in [0.1, 0.15) is 11.8 Å². The van der Waals surface area contributed by atoms with E-state index in [-0.39, 0.29) is 17.8 Å². The van der Waals surface area contributed by atoms with Crippen LogP contribution in [0.2, 0.25) is 5.02 Å². The monoisotopic (exact) mass is 440 g/mol. The highest BCUT2D eigenvalue weighted by atomic mass is 35.5. The maximum absolute atomic E-state index is 12.9. The van der Waals surface area contributed by atoms with Gasteiger partial charge in [-0.05, 0) is 31.0 Å². The molecule has 31 heavy (non-hydrogen) atoms. The fourth-order valence-electron chi connectivity index (χ4n) is 4.21. The van der Waals surface area contributed by atoms with Gasteiger partial charge in [-0.1, -0.05) is 11.6 Å². The molecule has 0 saturated carbocycles. The largest absolute Gasteiger partial charge is 0.381 e. The van der Waals surface area contributed by atoms with Gasteiger partial charge in [-0.3, -0.25) is 9.13 Å². The molecule has 0 atom stereocenters. The first-order valence-corrected chi connectivity index (χ1v) is 10.8. The Labute approximate surface area is 181 Å². The van der Waals surface area contributed by atoms with Crippen molar-refractivity contribution in [1.82, 2.24) is 34.4 Å². The van der Waals surface area contributed by atoms with E-state index in [1.807, 2.05) is 12.1 Å². The van der Waals surface area contributed by atoms with Crippen molar-refractivity contribution in [2.45, 2.75) is 24.9 Å². The zero-order chi connectivity index (χ0) is 20.9. The number of nitrogens with zero attached hydrogens (tertiary/aromatic N) is 5. The lowest BCUT2D eigenvalue weighted by atomic mass is 10.1. The smallest absolute Gasteiger partial charge is 0.328 e. The van der Waals surface area contributed by atoms with Crippen LogP contribution >= 0.6 is 11.6 Å². The summed E-state index contributed by atoms with van der Waals surface area (Å²) >= 11 is 6.22. The number of aromatic nitrogens is 6. The zero-order valence-electron chi connectivity index (χ0n) is 16.6. The van der Waals surface area contributed by atoms with Gasteiger partial charge in [0.05, 0.1) is 17.1 Å². The quantitative estimate of drug-likeness (QED) is 0.443. The SMILES string of the molecule is O=c1[nH]c2c(NC3CNC3)nc(-n3cnc4ccc(Cl)cc43)nc2n1C1CCOCC1. The Morgan fingerprint density at radius 1 is 1.19 bits per heavy atom. The minimum atomic E-state index is -0.179. The van der Waals surface area contributed by atoms with Crippen molar-refractivity contribution in [3.05, 3.63) is 40.0 Å². The summed E-state index contributed by atoms with van der Waals surface area (Å²) in [5.41, 5.74) is 2.62. The lowest BCUT2D eigenvalue weighted by molar-refractivity contribution is 0.0697. The summed E-state index contributed by atoms with van der Waals surface area (Å²) in [7, 11) is 0. The molecule has 0 amide bonds. The second-order valence-electron chi connectivity index (χ2n) is 7.96. The molecule has 2 saturated heterocycles. The van der Waals surface area contributed by atoms with Crippen LogP contribution in [0.15, 0.2) is 29.3 Å². The Balaban J connectivity index is 1.57. The third-order valence-corrected chi connectivity index (χ3v) is 6.20. The molecule has 6 rings (SSSR count). The molecular formula is C20H21ClN8O2. The van der Waals surface area contributed by atoms with E-state index >= 15 is 0 Å². The number of aromatic amines is 1. The van der Waals surface area contributed by atoms with E-state index in [1.165, 1.54) is 0 Å². The van der Waals surface area contributed by atoms with E-state index in [9.17, 15) is 4.79 Å². The predicted molar refractivity (Wildman–Crippen MR) is 117 cm³/mol. The van der Waals surface area contributed by atoms with Crippen molar-refractivity contribution in [2.24, 2.45) is 0 Å². The molecule has 2 aliphatic heterocycles. The number of hydrogen-bond donors (Lipinski definition) is 3. The number of rotatable bonds is 4.